The number of benzene rings is 2. The average Bonchev–Trinajstić information content (AvgIpc) is 2.51. The first-order chi connectivity index (χ1) is 10.1. The predicted molar refractivity (Wildman–Crippen MR) is 82.2 cm³/mol. The van der Waals surface area contributed by atoms with Gasteiger partial charge in [0.15, 0.2) is 5.75 Å². The number of rotatable bonds is 2. The van der Waals surface area contributed by atoms with E-state index in [0.29, 0.717) is 15.1 Å². The van der Waals surface area contributed by atoms with Gasteiger partial charge in [-0.25, -0.2) is 4.79 Å². The molecule has 104 valence electrons. The lowest BCUT2D eigenvalue weighted by atomic mass is 10.1. The largest absolute Gasteiger partial charge is 0.503 e. The van der Waals surface area contributed by atoms with Gasteiger partial charge in [0, 0.05) is 5.39 Å². The number of aromatic hydroxyl groups is 1. The van der Waals surface area contributed by atoms with Gasteiger partial charge in [-0.05, 0) is 17.7 Å². The molecule has 0 fully saturated rings. The van der Waals surface area contributed by atoms with E-state index in [0.717, 1.165) is 11.3 Å². The fourth-order valence-corrected chi connectivity index (χ4v) is 3.34. The van der Waals surface area contributed by atoms with Crippen molar-refractivity contribution in [2.24, 2.45) is 0 Å². The van der Waals surface area contributed by atoms with E-state index in [1.54, 1.807) is 24.3 Å². The zero-order chi connectivity index (χ0) is 15.0. The Kier molecular flexibility index (Phi) is 3.19. The molecule has 1 aromatic heterocycles. The maximum atomic E-state index is 12.3. The quantitative estimate of drug-likeness (QED) is 0.761. The van der Waals surface area contributed by atoms with Crippen LogP contribution in [0, 0.1) is 0 Å². The van der Waals surface area contributed by atoms with Gasteiger partial charge in [0.2, 0.25) is 5.43 Å². The zero-order valence-corrected chi connectivity index (χ0v) is 11.6. The first-order valence-corrected chi connectivity index (χ1v) is 6.98. The van der Waals surface area contributed by atoms with Crippen molar-refractivity contribution < 1.29 is 15.0 Å². The lowest BCUT2D eigenvalue weighted by Crippen LogP contribution is -2.04. The highest BCUT2D eigenvalue weighted by Crippen LogP contribution is 2.36. The molecule has 5 heteroatoms. The molecule has 0 atom stereocenters. The highest BCUT2D eigenvalue weighted by atomic mass is 32.1. The van der Waals surface area contributed by atoms with Gasteiger partial charge in [-0.15, -0.1) is 11.3 Å². The minimum absolute atomic E-state index is 0.0618. The molecule has 0 aliphatic carbocycles. The van der Waals surface area contributed by atoms with Gasteiger partial charge in [0.25, 0.3) is 0 Å². The van der Waals surface area contributed by atoms with Crippen LogP contribution in [0.2, 0.25) is 0 Å². The van der Waals surface area contributed by atoms with Crippen molar-refractivity contribution >= 4 is 27.4 Å². The minimum Gasteiger partial charge on any atom is -0.503 e. The molecular formula is C16H10O4S. The first kappa shape index (κ1) is 13.3. The third-order valence-corrected chi connectivity index (χ3v) is 4.44. The molecule has 1 heterocycles. The van der Waals surface area contributed by atoms with Gasteiger partial charge in [-0.3, -0.25) is 4.79 Å². The van der Waals surface area contributed by atoms with Crippen LogP contribution in [0.5, 0.6) is 5.75 Å². The van der Waals surface area contributed by atoms with Gasteiger partial charge in [-0.2, -0.15) is 0 Å². The molecule has 0 amide bonds. The molecule has 3 aromatic rings. The van der Waals surface area contributed by atoms with E-state index in [4.69, 9.17) is 0 Å². The van der Waals surface area contributed by atoms with E-state index in [2.05, 4.69) is 0 Å². The molecule has 0 aliphatic heterocycles. The SMILES string of the molecule is O=C(O)c1cccc2c(=O)c(O)c(-c3ccccc3)sc12. The number of hydrogen-bond acceptors (Lipinski definition) is 4. The molecule has 0 bridgehead atoms. The van der Waals surface area contributed by atoms with Gasteiger partial charge >= 0.3 is 5.97 Å². The van der Waals surface area contributed by atoms with E-state index in [1.165, 1.54) is 18.2 Å². The van der Waals surface area contributed by atoms with Gasteiger partial charge in [-0.1, -0.05) is 36.4 Å². The smallest absolute Gasteiger partial charge is 0.337 e. The molecular weight excluding hydrogens is 288 g/mol. The van der Waals surface area contributed by atoms with Crippen molar-refractivity contribution in [2.45, 2.75) is 0 Å². The highest BCUT2D eigenvalue weighted by Gasteiger charge is 2.17. The molecule has 0 unspecified atom stereocenters. The second-order valence-corrected chi connectivity index (χ2v) is 5.48. The molecule has 0 spiro atoms. The molecule has 2 aromatic carbocycles. The molecule has 0 saturated carbocycles. The van der Waals surface area contributed by atoms with Crippen molar-refractivity contribution in [3.8, 4) is 16.2 Å². The number of hydrogen-bond donors (Lipinski definition) is 2. The summed E-state index contributed by atoms with van der Waals surface area (Å²) in [6, 6.07) is 13.4. The lowest BCUT2D eigenvalue weighted by Gasteiger charge is -2.07. The summed E-state index contributed by atoms with van der Waals surface area (Å²) in [6.45, 7) is 0. The Morgan fingerprint density at radius 3 is 2.38 bits per heavy atom. The molecule has 2 N–H and O–H groups in total. The summed E-state index contributed by atoms with van der Waals surface area (Å²) in [4.78, 5) is 23.9. The van der Waals surface area contributed by atoms with Crippen LogP contribution in [0.15, 0.2) is 53.3 Å². The van der Waals surface area contributed by atoms with E-state index >= 15 is 0 Å². The summed E-state index contributed by atoms with van der Waals surface area (Å²) >= 11 is 1.10. The normalized spacial score (nSPS) is 10.7. The summed E-state index contributed by atoms with van der Waals surface area (Å²) in [5.41, 5.74) is 0.191. The Bertz CT molecular complexity index is 897. The lowest BCUT2D eigenvalue weighted by molar-refractivity contribution is 0.0699. The van der Waals surface area contributed by atoms with Crippen molar-refractivity contribution in [2.75, 3.05) is 0 Å². The fraction of sp³-hybridized carbons (Fsp3) is 0. The molecule has 21 heavy (non-hydrogen) atoms. The number of aromatic carboxylic acids is 1. The highest BCUT2D eigenvalue weighted by molar-refractivity contribution is 7.22. The monoisotopic (exact) mass is 298 g/mol. The fourth-order valence-electron chi connectivity index (χ4n) is 2.16. The van der Waals surface area contributed by atoms with Crippen LogP contribution in [-0.2, 0) is 0 Å². The van der Waals surface area contributed by atoms with E-state index in [9.17, 15) is 19.8 Å². The average molecular weight is 298 g/mol. The Morgan fingerprint density at radius 1 is 1.00 bits per heavy atom. The Hall–Kier alpha value is -2.66. The second kappa shape index (κ2) is 5.03. The summed E-state index contributed by atoms with van der Waals surface area (Å²) in [6.07, 6.45) is 0. The van der Waals surface area contributed by atoms with Gasteiger partial charge < -0.3 is 10.2 Å². The minimum atomic E-state index is -1.10. The Morgan fingerprint density at radius 2 is 1.71 bits per heavy atom. The number of carboxylic acid groups (broad SMARTS) is 1. The van der Waals surface area contributed by atoms with Crippen LogP contribution in [0.3, 0.4) is 0 Å². The molecule has 3 rings (SSSR count). The van der Waals surface area contributed by atoms with Crippen LogP contribution in [0.4, 0.5) is 0 Å². The number of fused-ring (bicyclic) bond motifs is 1. The van der Waals surface area contributed by atoms with E-state index in [1.807, 2.05) is 6.07 Å². The predicted octanol–water partition coefficient (Wildman–Crippen LogP) is 3.33. The maximum absolute atomic E-state index is 12.3. The second-order valence-electron chi connectivity index (χ2n) is 4.46. The number of carboxylic acids is 1. The standard InChI is InChI=1S/C16H10O4S/c17-12-10-7-4-8-11(16(19)20)15(10)21-14(13(12)18)9-5-2-1-3-6-9/h1-8,18H,(H,19,20). The van der Waals surface area contributed by atoms with Crippen LogP contribution < -0.4 is 5.43 Å². The van der Waals surface area contributed by atoms with Crippen LogP contribution in [0.1, 0.15) is 10.4 Å². The van der Waals surface area contributed by atoms with Crippen molar-refractivity contribution in [3.05, 3.63) is 64.3 Å². The molecule has 4 nitrogen and oxygen atoms in total. The zero-order valence-electron chi connectivity index (χ0n) is 10.7. The van der Waals surface area contributed by atoms with Gasteiger partial charge in [0.05, 0.1) is 15.1 Å². The third kappa shape index (κ3) is 2.17. The van der Waals surface area contributed by atoms with Crippen LogP contribution in [-0.4, -0.2) is 16.2 Å². The van der Waals surface area contributed by atoms with E-state index in [-0.39, 0.29) is 16.7 Å². The summed E-state index contributed by atoms with van der Waals surface area (Å²) < 4.78 is 0.367. The molecule has 0 saturated heterocycles. The summed E-state index contributed by atoms with van der Waals surface area (Å²) in [5.74, 6) is -1.44. The van der Waals surface area contributed by atoms with Crippen molar-refractivity contribution in [3.63, 3.8) is 0 Å². The summed E-state index contributed by atoms with van der Waals surface area (Å²) in [7, 11) is 0. The summed E-state index contributed by atoms with van der Waals surface area (Å²) in [5, 5.41) is 19.6. The first-order valence-electron chi connectivity index (χ1n) is 6.17. The Balaban J connectivity index is 2.43. The van der Waals surface area contributed by atoms with Crippen LogP contribution in [0.25, 0.3) is 20.5 Å². The number of carbonyl (C=O) groups is 1. The maximum Gasteiger partial charge on any atom is 0.337 e. The Labute approximate surface area is 123 Å². The third-order valence-electron chi connectivity index (χ3n) is 3.16. The van der Waals surface area contributed by atoms with Crippen molar-refractivity contribution in [1.29, 1.82) is 0 Å². The van der Waals surface area contributed by atoms with E-state index < -0.39 is 11.4 Å². The van der Waals surface area contributed by atoms with Crippen molar-refractivity contribution in [1.82, 2.24) is 0 Å². The van der Waals surface area contributed by atoms with Crippen LogP contribution >= 0.6 is 11.3 Å². The molecule has 0 radical (unpaired) electrons. The van der Waals surface area contributed by atoms with Gasteiger partial charge in [0.1, 0.15) is 0 Å². The topological polar surface area (TPSA) is 74.6 Å². The molecule has 0 aliphatic rings.